The normalized spacial score (nSPS) is 10.7. The first-order valence-electron chi connectivity index (χ1n) is 5.88. The first kappa shape index (κ1) is 12.6. The van der Waals surface area contributed by atoms with Crippen LogP contribution in [0.5, 0.6) is 5.75 Å². The lowest BCUT2D eigenvalue weighted by atomic mass is 10.2. The van der Waals surface area contributed by atoms with E-state index in [1.165, 1.54) is 0 Å². The van der Waals surface area contributed by atoms with Crippen LogP contribution in [-0.4, -0.2) is 14.8 Å². The standard InChI is InChI=1S/C13H18N4O/c1-9-13(10(2)17(3)16-9)18-8-11-4-5-15-12(6-11)7-14/h4-6H,7-8,14H2,1-3H3. The van der Waals surface area contributed by atoms with Crippen molar-refractivity contribution in [3.05, 3.63) is 41.0 Å². The van der Waals surface area contributed by atoms with Gasteiger partial charge in [-0.05, 0) is 31.5 Å². The van der Waals surface area contributed by atoms with Crippen molar-refractivity contribution < 1.29 is 4.74 Å². The fourth-order valence-electron chi connectivity index (χ4n) is 1.85. The van der Waals surface area contributed by atoms with Crippen molar-refractivity contribution in [3.8, 4) is 5.75 Å². The van der Waals surface area contributed by atoms with Gasteiger partial charge < -0.3 is 10.5 Å². The zero-order valence-corrected chi connectivity index (χ0v) is 11.0. The molecule has 0 aliphatic carbocycles. The number of aromatic nitrogens is 3. The first-order valence-corrected chi connectivity index (χ1v) is 5.88. The van der Waals surface area contributed by atoms with Gasteiger partial charge in [0.1, 0.15) is 12.3 Å². The predicted octanol–water partition coefficient (Wildman–Crippen LogP) is 1.47. The molecule has 2 rings (SSSR count). The molecule has 5 nitrogen and oxygen atoms in total. The zero-order chi connectivity index (χ0) is 13.1. The fourth-order valence-corrected chi connectivity index (χ4v) is 1.85. The van der Waals surface area contributed by atoms with Crippen LogP contribution in [0, 0.1) is 13.8 Å². The molecule has 0 radical (unpaired) electrons. The number of pyridine rings is 1. The van der Waals surface area contributed by atoms with E-state index in [0.29, 0.717) is 13.2 Å². The van der Waals surface area contributed by atoms with E-state index < -0.39 is 0 Å². The van der Waals surface area contributed by atoms with Gasteiger partial charge in [0.25, 0.3) is 0 Å². The number of hydrogen-bond donors (Lipinski definition) is 1. The minimum Gasteiger partial charge on any atom is -0.485 e. The van der Waals surface area contributed by atoms with Gasteiger partial charge in [-0.2, -0.15) is 5.10 Å². The van der Waals surface area contributed by atoms with Gasteiger partial charge in [0.2, 0.25) is 0 Å². The molecule has 2 N–H and O–H groups in total. The molecule has 2 aromatic heterocycles. The molecule has 0 aliphatic heterocycles. The molecule has 0 fully saturated rings. The van der Waals surface area contributed by atoms with Crippen LogP contribution in [0.2, 0.25) is 0 Å². The number of aryl methyl sites for hydroxylation is 2. The average molecular weight is 246 g/mol. The highest BCUT2D eigenvalue weighted by molar-refractivity contribution is 5.32. The van der Waals surface area contributed by atoms with Gasteiger partial charge >= 0.3 is 0 Å². The molecule has 2 aromatic rings. The molecule has 0 spiro atoms. The second kappa shape index (κ2) is 5.18. The number of hydrogen-bond acceptors (Lipinski definition) is 4. The van der Waals surface area contributed by atoms with Crippen molar-refractivity contribution >= 4 is 0 Å². The molecule has 96 valence electrons. The topological polar surface area (TPSA) is 66.0 Å². The van der Waals surface area contributed by atoms with Crippen molar-refractivity contribution in [2.45, 2.75) is 27.0 Å². The molecular formula is C13H18N4O. The molecule has 0 saturated carbocycles. The summed E-state index contributed by atoms with van der Waals surface area (Å²) in [6.45, 7) is 4.88. The maximum Gasteiger partial charge on any atom is 0.163 e. The molecule has 0 amide bonds. The summed E-state index contributed by atoms with van der Waals surface area (Å²) in [6.07, 6.45) is 1.75. The van der Waals surface area contributed by atoms with Crippen LogP contribution >= 0.6 is 0 Å². The van der Waals surface area contributed by atoms with E-state index >= 15 is 0 Å². The Kier molecular flexibility index (Phi) is 3.62. The third-order valence-corrected chi connectivity index (χ3v) is 2.92. The Morgan fingerprint density at radius 2 is 2.17 bits per heavy atom. The smallest absolute Gasteiger partial charge is 0.163 e. The van der Waals surface area contributed by atoms with E-state index in [0.717, 1.165) is 28.4 Å². The lowest BCUT2D eigenvalue weighted by molar-refractivity contribution is 0.301. The van der Waals surface area contributed by atoms with Crippen molar-refractivity contribution in [1.82, 2.24) is 14.8 Å². The van der Waals surface area contributed by atoms with Crippen LogP contribution in [0.4, 0.5) is 0 Å². The van der Waals surface area contributed by atoms with E-state index in [9.17, 15) is 0 Å². The fraction of sp³-hybridized carbons (Fsp3) is 0.385. The number of rotatable bonds is 4. The van der Waals surface area contributed by atoms with Crippen LogP contribution in [0.15, 0.2) is 18.3 Å². The lowest BCUT2D eigenvalue weighted by Gasteiger charge is -2.07. The summed E-state index contributed by atoms with van der Waals surface area (Å²) >= 11 is 0. The van der Waals surface area contributed by atoms with Crippen LogP contribution < -0.4 is 10.5 Å². The Morgan fingerprint density at radius 1 is 1.39 bits per heavy atom. The van der Waals surface area contributed by atoms with Crippen molar-refractivity contribution in [1.29, 1.82) is 0 Å². The van der Waals surface area contributed by atoms with Crippen LogP contribution in [-0.2, 0) is 20.2 Å². The second-order valence-corrected chi connectivity index (χ2v) is 4.27. The lowest BCUT2D eigenvalue weighted by Crippen LogP contribution is -2.03. The van der Waals surface area contributed by atoms with Crippen molar-refractivity contribution in [2.24, 2.45) is 12.8 Å². The molecular weight excluding hydrogens is 228 g/mol. The summed E-state index contributed by atoms with van der Waals surface area (Å²) < 4.78 is 7.64. The van der Waals surface area contributed by atoms with E-state index in [1.807, 2.05) is 37.7 Å². The number of nitrogens with two attached hydrogens (primary N) is 1. The Balaban J connectivity index is 2.11. The largest absolute Gasteiger partial charge is 0.485 e. The minimum atomic E-state index is 0.443. The van der Waals surface area contributed by atoms with E-state index in [4.69, 9.17) is 10.5 Å². The van der Waals surface area contributed by atoms with E-state index in [-0.39, 0.29) is 0 Å². The van der Waals surface area contributed by atoms with Crippen molar-refractivity contribution in [2.75, 3.05) is 0 Å². The minimum absolute atomic E-state index is 0.443. The summed E-state index contributed by atoms with van der Waals surface area (Å²) in [5.41, 5.74) is 9.43. The molecule has 0 unspecified atom stereocenters. The van der Waals surface area contributed by atoms with Gasteiger partial charge in [-0.25, -0.2) is 0 Å². The van der Waals surface area contributed by atoms with E-state index in [2.05, 4.69) is 10.1 Å². The Bertz CT molecular complexity index is 548. The quantitative estimate of drug-likeness (QED) is 0.887. The Morgan fingerprint density at radius 3 is 2.78 bits per heavy atom. The maximum atomic E-state index is 5.82. The summed E-state index contributed by atoms with van der Waals surface area (Å²) in [5.74, 6) is 0.851. The van der Waals surface area contributed by atoms with Crippen molar-refractivity contribution in [3.63, 3.8) is 0 Å². The molecule has 18 heavy (non-hydrogen) atoms. The van der Waals surface area contributed by atoms with Gasteiger partial charge in [-0.1, -0.05) is 0 Å². The van der Waals surface area contributed by atoms with Gasteiger partial charge in [0.05, 0.1) is 11.4 Å². The second-order valence-electron chi connectivity index (χ2n) is 4.27. The third kappa shape index (κ3) is 2.51. The highest BCUT2D eigenvalue weighted by atomic mass is 16.5. The molecule has 0 aliphatic rings. The molecule has 2 heterocycles. The Hall–Kier alpha value is -1.88. The van der Waals surface area contributed by atoms with Crippen LogP contribution in [0.25, 0.3) is 0 Å². The molecule has 0 atom stereocenters. The molecule has 5 heteroatoms. The van der Waals surface area contributed by atoms with Gasteiger partial charge in [0.15, 0.2) is 5.75 Å². The maximum absolute atomic E-state index is 5.82. The van der Waals surface area contributed by atoms with Gasteiger partial charge in [-0.15, -0.1) is 0 Å². The van der Waals surface area contributed by atoms with E-state index in [1.54, 1.807) is 6.20 Å². The van der Waals surface area contributed by atoms with Crippen LogP contribution in [0.3, 0.4) is 0 Å². The predicted molar refractivity (Wildman–Crippen MR) is 69.1 cm³/mol. The monoisotopic (exact) mass is 246 g/mol. The highest BCUT2D eigenvalue weighted by Gasteiger charge is 2.10. The summed E-state index contributed by atoms with van der Waals surface area (Å²) in [6, 6.07) is 3.89. The zero-order valence-electron chi connectivity index (χ0n) is 11.0. The Labute approximate surface area is 107 Å². The highest BCUT2D eigenvalue weighted by Crippen LogP contribution is 2.22. The van der Waals surface area contributed by atoms with Crippen LogP contribution in [0.1, 0.15) is 22.6 Å². The first-order chi connectivity index (χ1) is 8.61. The molecule has 0 saturated heterocycles. The third-order valence-electron chi connectivity index (χ3n) is 2.92. The SMILES string of the molecule is Cc1nn(C)c(C)c1OCc1ccnc(CN)c1. The summed E-state index contributed by atoms with van der Waals surface area (Å²) in [7, 11) is 1.91. The summed E-state index contributed by atoms with van der Waals surface area (Å²) in [4.78, 5) is 4.16. The summed E-state index contributed by atoms with van der Waals surface area (Å²) in [5, 5.41) is 4.32. The average Bonchev–Trinajstić information content (AvgIpc) is 2.61. The number of nitrogens with zero attached hydrogens (tertiary/aromatic N) is 3. The van der Waals surface area contributed by atoms with Gasteiger partial charge in [0, 0.05) is 19.8 Å². The van der Waals surface area contributed by atoms with Gasteiger partial charge in [-0.3, -0.25) is 9.67 Å². The molecule has 0 bridgehead atoms. The number of ether oxygens (including phenoxy) is 1. The molecule has 0 aromatic carbocycles.